The molecule has 8 heteroatoms. The fourth-order valence-electron chi connectivity index (χ4n) is 1.83. The molecule has 0 atom stereocenters. The predicted molar refractivity (Wildman–Crippen MR) is 88.4 cm³/mol. The SMILES string of the molecule is C[NH+](C)Cc1ccc(C(=O)NNC(=S)Nc2ccccc2F)o1. The van der Waals surface area contributed by atoms with Crippen LogP contribution in [0.4, 0.5) is 10.1 Å². The highest BCUT2D eigenvalue weighted by molar-refractivity contribution is 7.80. The number of hydrogen-bond donors (Lipinski definition) is 4. The van der Waals surface area contributed by atoms with Crippen LogP contribution in [0.2, 0.25) is 0 Å². The summed E-state index contributed by atoms with van der Waals surface area (Å²) in [6, 6.07) is 9.42. The van der Waals surface area contributed by atoms with Gasteiger partial charge in [0.25, 0.3) is 0 Å². The van der Waals surface area contributed by atoms with Gasteiger partial charge in [0, 0.05) is 0 Å². The highest BCUT2D eigenvalue weighted by Gasteiger charge is 2.13. The molecule has 2 rings (SSSR count). The summed E-state index contributed by atoms with van der Waals surface area (Å²) in [5, 5.41) is 2.71. The molecular formula is C15H18FN4O2S+. The van der Waals surface area contributed by atoms with E-state index in [9.17, 15) is 9.18 Å². The molecule has 122 valence electrons. The van der Waals surface area contributed by atoms with Gasteiger partial charge in [0.1, 0.15) is 12.4 Å². The Balaban J connectivity index is 1.85. The van der Waals surface area contributed by atoms with E-state index in [0.29, 0.717) is 12.3 Å². The van der Waals surface area contributed by atoms with Gasteiger partial charge < -0.3 is 14.6 Å². The lowest BCUT2D eigenvalue weighted by atomic mass is 10.3. The summed E-state index contributed by atoms with van der Waals surface area (Å²) in [5.41, 5.74) is 5.10. The Bertz CT molecular complexity index is 702. The molecule has 23 heavy (non-hydrogen) atoms. The van der Waals surface area contributed by atoms with Gasteiger partial charge in [-0.25, -0.2) is 4.39 Å². The second kappa shape index (κ2) is 7.70. The van der Waals surface area contributed by atoms with E-state index >= 15 is 0 Å². The number of furan rings is 1. The van der Waals surface area contributed by atoms with E-state index in [2.05, 4.69) is 16.2 Å². The average molecular weight is 337 g/mol. The molecule has 2 aromatic rings. The molecule has 0 saturated carbocycles. The average Bonchev–Trinajstić information content (AvgIpc) is 2.95. The van der Waals surface area contributed by atoms with E-state index in [0.717, 1.165) is 0 Å². The molecule has 1 amide bonds. The standard InChI is InChI=1S/C15H17FN4O2S/c1-20(2)9-10-7-8-13(22-10)14(21)18-19-15(23)17-12-6-4-3-5-11(12)16/h3-8H,9H2,1-2H3,(H,18,21)(H2,17,19,23)/p+1. The summed E-state index contributed by atoms with van der Waals surface area (Å²) in [6.07, 6.45) is 0. The molecule has 1 aromatic heterocycles. The third-order valence-corrected chi connectivity index (χ3v) is 3.03. The van der Waals surface area contributed by atoms with Gasteiger partial charge in [0.2, 0.25) is 0 Å². The first kappa shape index (κ1) is 16.9. The quantitative estimate of drug-likeness (QED) is 0.488. The second-order valence-electron chi connectivity index (χ2n) is 5.16. The molecule has 0 radical (unpaired) electrons. The Hall–Kier alpha value is -2.45. The summed E-state index contributed by atoms with van der Waals surface area (Å²) < 4.78 is 18.9. The van der Waals surface area contributed by atoms with Gasteiger partial charge in [-0.15, -0.1) is 0 Å². The number of carbonyl (C=O) groups excluding carboxylic acids is 1. The number of benzene rings is 1. The first-order valence-corrected chi connectivity index (χ1v) is 7.36. The summed E-state index contributed by atoms with van der Waals surface area (Å²) in [5.74, 6) is -0.0304. The van der Waals surface area contributed by atoms with E-state index in [-0.39, 0.29) is 16.6 Å². The molecule has 4 N–H and O–H groups in total. The maximum absolute atomic E-state index is 13.5. The van der Waals surface area contributed by atoms with Crippen LogP contribution in [0.1, 0.15) is 16.3 Å². The third kappa shape index (κ3) is 5.04. The van der Waals surface area contributed by atoms with Crippen molar-refractivity contribution in [2.45, 2.75) is 6.54 Å². The van der Waals surface area contributed by atoms with Gasteiger partial charge in [0.15, 0.2) is 16.6 Å². The van der Waals surface area contributed by atoms with E-state index in [4.69, 9.17) is 16.6 Å². The molecule has 0 spiro atoms. The van der Waals surface area contributed by atoms with Gasteiger partial charge >= 0.3 is 5.91 Å². The van der Waals surface area contributed by atoms with Crippen molar-refractivity contribution in [1.29, 1.82) is 0 Å². The van der Waals surface area contributed by atoms with Crippen LogP contribution in [0.5, 0.6) is 0 Å². The molecule has 0 aliphatic carbocycles. The summed E-state index contributed by atoms with van der Waals surface area (Å²) in [6.45, 7) is 0.675. The smallest absolute Gasteiger partial charge is 0.305 e. The Kier molecular flexibility index (Phi) is 5.67. The Labute approximate surface area is 138 Å². The molecule has 0 saturated heterocycles. The number of hydrogen-bond acceptors (Lipinski definition) is 3. The number of quaternary nitrogens is 1. The number of rotatable bonds is 4. The molecule has 0 fully saturated rings. The highest BCUT2D eigenvalue weighted by atomic mass is 32.1. The first-order valence-electron chi connectivity index (χ1n) is 6.95. The van der Waals surface area contributed by atoms with Gasteiger partial charge in [0.05, 0.1) is 19.8 Å². The number of para-hydroxylation sites is 1. The van der Waals surface area contributed by atoms with Crippen molar-refractivity contribution < 1.29 is 18.5 Å². The normalized spacial score (nSPS) is 10.4. The van der Waals surface area contributed by atoms with Crippen LogP contribution in [0.25, 0.3) is 0 Å². The summed E-state index contributed by atoms with van der Waals surface area (Å²) in [4.78, 5) is 13.1. The lowest BCUT2D eigenvalue weighted by Gasteiger charge is -2.11. The zero-order chi connectivity index (χ0) is 16.8. The van der Waals surface area contributed by atoms with Gasteiger partial charge in [-0.3, -0.25) is 15.6 Å². The first-order chi connectivity index (χ1) is 11.0. The topological polar surface area (TPSA) is 70.7 Å². The van der Waals surface area contributed by atoms with Crippen LogP contribution >= 0.6 is 12.2 Å². The van der Waals surface area contributed by atoms with Crippen molar-refractivity contribution in [2.24, 2.45) is 0 Å². The van der Waals surface area contributed by atoms with Crippen molar-refractivity contribution in [3.05, 3.63) is 53.7 Å². The number of nitrogens with one attached hydrogen (secondary N) is 4. The number of amides is 1. The Morgan fingerprint density at radius 2 is 1.96 bits per heavy atom. The summed E-state index contributed by atoms with van der Waals surface area (Å²) >= 11 is 4.99. The van der Waals surface area contributed by atoms with Crippen molar-refractivity contribution >= 4 is 28.9 Å². The fourth-order valence-corrected chi connectivity index (χ4v) is 2.00. The third-order valence-electron chi connectivity index (χ3n) is 2.82. The lowest BCUT2D eigenvalue weighted by Crippen LogP contribution is -3.04. The van der Waals surface area contributed by atoms with E-state index < -0.39 is 11.7 Å². The molecule has 1 aromatic carbocycles. The summed E-state index contributed by atoms with van der Waals surface area (Å²) in [7, 11) is 3.97. The van der Waals surface area contributed by atoms with Gasteiger partial charge in [-0.2, -0.15) is 0 Å². The van der Waals surface area contributed by atoms with Crippen molar-refractivity contribution in [1.82, 2.24) is 10.9 Å². The lowest BCUT2D eigenvalue weighted by molar-refractivity contribution is -0.873. The highest BCUT2D eigenvalue weighted by Crippen LogP contribution is 2.11. The second-order valence-corrected chi connectivity index (χ2v) is 5.57. The number of hydrazine groups is 1. The van der Waals surface area contributed by atoms with Gasteiger partial charge in [-0.05, 0) is 36.5 Å². The molecular weight excluding hydrogens is 319 g/mol. The zero-order valence-electron chi connectivity index (χ0n) is 12.8. The van der Waals surface area contributed by atoms with Gasteiger partial charge in [-0.1, -0.05) is 12.1 Å². The van der Waals surface area contributed by atoms with Crippen molar-refractivity contribution in [2.75, 3.05) is 19.4 Å². The van der Waals surface area contributed by atoms with Crippen molar-refractivity contribution in [3.63, 3.8) is 0 Å². The monoisotopic (exact) mass is 337 g/mol. The van der Waals surface area contributed by atoms with E-state index in [1.54, 1.807) is 24.3 Å². The van der Waals surface area contributed by atoms with Crippen LogP contribution in [-0.4, -0.2) is 25.1 Å². The fraction of sp³-hybridized carbons (Fsp3) is 0.200. The van der Waals surface area contributed by atoms with Crippen molar-refractivity contribution in [3.8, 4) is 0 Å². The molecule has 1 heterocycles. The van der Waals surface area contributed by atoms with E-state index in [1.807, 2.05) is 14.1 Å². The molecule has 0 bridgehead atoms. The van der Waals surface area contributed by atoms with Crippen LogP contribution in [0, 0.1) is 5.82 Å². The minimum atomic E-state index is -0.470. The maximum Gasteiger partial charge on any atom is 0.305 e. The minimum absolute atomic E-state index is 0.0629. The number of thiocarbonyl (C=S) groups is 1. The van der Waals surface area contributed by atoms with Crippen LogP contribution in [0.15, 0.2) is 40.8 Å². The molecule has 0 unspecified atom stereocenters. The Morgan fingerprint density at radius 1 is 1.22 bits per heavy atom. The Morgan fingerprint density at radius 3 is 2.65 bits per heavy atom. The number of halogens is 1. The minimum Gasteiger partial charge on any atom is -0.450 e. The van der Waals surface area contributed by atoms with Crippen LogP contribution in [-0.2, 0) is 6.54 Å². The number of anilines is 1. The maximum atomic E-state index is 13.5. The van der Waals surface area contributed by atoms with Crippen LogP contribution in [0.3, 0.4) is 0 Å². The number of carbonyl (C=O) groups is 1. The van der Waals surface area contributed by atoms with Crippen LogP contribution < -0.4 is 21.1 Å². The molecule has 0 aliphatic heterocycles. The largest absolute Gasteiger partial charge is 0.450 e. The predicted octanol–water partition coefficient (Wildman–Crippen LogP) is 0.695. The zero-order valence-corrected chi connectivity index (χ0v) is 13.6. The molecule has 6 nitrogen and oxygen atoms in total. The van der Waals surface area contributed by atoms with E-state index in [1.165, 1.54) is 17.0 Å². The molecule has 0 aliphatic rings.